The molecule has 0 bridgehead atoms. The van der Waals surface area contributed by atoms with E-state index in [1.165, 1.54) is 16.5 Å². The molecule has 1 aromatic carbocycles. The lowest BCUT2D eigenvalue weighted by Gasteiger charge is -1.92. The summed E-state index contributed by atoms with van der Waals surface area (Å²) in [5, 5.41) is 8.95. The monoisotopic (exact) mass is 220 g/mol. The molecule has 0 spiro atoms. The van der Waals surface area contributed by atoms with Gasteiger partial charge in [0.15, 0.2) is 0 Å². The van der Waals surface area contributed by atoms with Gasteiger partial charge < -0.3 is 15.4 Å². The minimum absolute atomic E-state index is 0.278. The van der Waals surface area contributed by atoms with E-state index in [-0.39, 0.29) is 6.54 Å². The molecule has 0 saturated heterocycles. The Morgan fingerprint density at radius 3 is 2.50 bits per heavy atom. The van der Waals surface area contributed by atoms with Crippen molar-refractivity contribution in [2.45, 2.75) is 6.92 Å². The van der Waals surface area contributed by atoms with Gasteiger partial charge in [0.05, 0.1) is 6.54 Å². The van der Waals surface area contributed by atoms with Crippen LogP contribution in [0, 0.1) is 6.92 Å². The Labute approximate surface area is 94.3 Å². The summed E-state index contributed by atoms with van der Waals surface area (Å²) >= 11 is 0. The Morgan fingerprint density at radius 1 is 1.44 bits per heavy atom. The highest BCUT2D eigenvalue weighted by molar-refractivity contribution is 5.83. The molecule has 0 amide bonds. The van der Waals surface area contributed by atoms with Crippen LogP contribution in [-0.2, 0) is 11.8 Å². The fourth-order valence-corrected chi connectivity index (χ4v) is 1.54. The maximum atomic E-state index is 9.24. The van der Waals surface area contributed by atoms with Crippen molar-refractivity contribution >= 4 is 16.9 Å². The number of para-hydroxylation sites is 1. The largest absolute Gasteiger partial charge is 0.480 e. The summed E-state index contributed by atoms with van der Waals surface area (Å²) in [6, 6.07) is 8.45. The van der Waals surface area contributed by atoms with E-state index >= 15 is 0 Å². The molecule has 2 aromatic rings. The van der Waals surface area contributed by atoms with Crippen LogP contribution in [0.2, 0.25) is 0 Å². The lowest BCUT2D eigenvalue weighted by molar-refractivity contribution is -0.135. The van der Waals surface area contributed by atoms with E-state index in [0.29, 0.717) is 0 Å². The number of hydrogen-bond acceptors (Lipinski definition) is 2. The maximum absolute atomic E-state index is 9.24. The molecule has 0 fully saturated rings. The molecule has 0 aliphatic heterocycles. The third-order valence-corrected chi connectivity index (χ3v) is 2.27. The average Bonchev–Trinajstić information content (AvgIpc) is 2.56. The van der Waals surface area contributed by atoms with E-state index in [2.05, 4.69) is 54.7 Å². The fourth-order valence-electron chi connectivity index (χ4n) is 1.54. The highest BCUT2D eigenvalue weighted by Gasteiger charge is 1.98. The molecule has 2 rings (SSSR count). The Morgan fingerprint density at radius 2 is 2.00 bits per heavy atom. The number of carbonyl (C=O) groups is 1. The standard InChI is InChI=1S/C10H11N.C2H5NO2/c1-8-7-11(2)10-6-4-3-5-9(8)10;3-1-2(4)5/h3-7H,1-2H3;1,3H2,(H,4,5). The predicted octanol–water partition coefficient (Wildman–Crippen LogP) is 1.52. The molecule has 3 N–H and O–H groups in total. The van der Waals surface area contributed by atoms with Crippen molar-refractivity contribution in [3.05, 3.63) is 36.0 Å². The van der Waals surface area contributed by atoms with Crippen molar-refractivity contribution in [1.82, 2.24) is 4.57 Å². The van der Waals surface area contributed by atoms with Crippen LogP contribution in [0.25, 0.3) is 10.9 Å². The summed E-state index contributed by atoms with van der Waals surface area (Å²) in [7, 11) is 2.08. The summed E-state index contributed by atoms with van der Waals surface area (Å²) in [5.41, 5.74) is 7.23. The zero-order chi connectivity index (χ0) is 12.1. The number of aromatic nitrogens is 1. The minimum Gasteiger partial charge on any atom is -0.480 e. The zero-order valence-corrected chi connectivity index (χ0v) is 9.47. The van der Waals surface area contributed by atoms with E-state index in [1.807, 2.05) is 0 Å². The molecule has 1 aromatic heterocycles. The third kappa shape index (κ3) is 2.84. The van der Waals surface area contributed by atoms with Crippen LogP contribution in [0.4, 0.5) is 0 Å². The molecule has 86 valence electrons. The number of aryl methyl sites for hydroxylation is 2. The first-order chi connectivity index (χ1) is 7.56. The van der Waals surface area contributed by atoms with Gasteiger partial charge in [-0.3, -0.25) is 4.79 Å². The van der Waals surface area contributed by atoms with Crippen molar-refractivity contribution in [2.75, 3.05) is 6.54 Å². The molecule has 1 heterocycles. The molecule has 16 heavy (non-hydrogen) atoms. The first-order valence-electron chi connectivity index (χ1n) is 4.98. The fraction of sp³-hybridized carbons (Fsp3) is 0.250. The van der Waals surface area contributed by atoms with E-state index in [4.69, 9.17) is 5.11 Å². The maximum Gasteiger partial charge on any atom is 0.317 e. The smallest absolute Gasteiger partial charge is 0.317 e. The van der Waals surface area contributed by atoms with Gasteiger partial charge in [0, 0.05) is 24.1 Å². The molecular weight excluding hydrogens is 204 g/mol. The summed E-state index contributed by atoms with van der Waals surface area (Å²) < 4.78 is 2.16. The lowest BCUT2D eigenvalue weighted by Crippen LogP contribution is -2.10. The van der Waals surface area contributed by atoms with Crippen molar-refractivity contribution < 1.29 is 9.90 Å². The second-order valence-corrected chi connectivity index (χ2v) is 3.54. The molecular formula is C12H16N2O2. The highest BCUT2D eigenvalue weighted by Crippen LogP contribution is 2.18. The van der Waals surface area contributed by atoms with Crippen LogP contribution >= 0.6 is 0 Å². The molecule has 0 saturated carbocycles. The van der Waals surface area contributed by atoms with Crippen LogP contribution in [0.5, 0.6) is 0 Å². The molecule has 0 atom stereocenters. The van der Waals surface area contributed by atoms with Crippen LogP contribution in [0.15, 0.2) is 30.5 Å². The van der Waals surface area contributed by atoms with Gasteiger partial charge in [0.1, 0.15) is 0 Å². The third-order valence-electron chi connectivity index (χ3n) is 2.27. The van der Waals surface area contributed by atoms with E-state index < -0.39 is 5.97 Å². The van der Waals surface area contributed by atoms with E-state index in [1.54, 1.807) is 0 Å². The van der Waals surface area contributed by atoms with Gasteiger partial charge in [-0.05, 0) is 18.6 Å². The predicted molar refractivity (Wildman–Crippen MR) is 64.3 cm³/mol. The minimum atomic E-state index is -0.968. The van der Waals surface area contributed by atoms with Crippen molar-refractivity contribution in [3.8, 4) is 0 Å². The second-order valence-electron chi connectivity index (χ2n) is 3.54. The highest BCUT2D eigenvalue weighted by atomic mass is 16.4. The number of hydrogen-bond donors (Lipinski definition) is 2. The topological polar surface area (TPSA) is 68.2 Å². The van der Waals surface area contributed by atoms with Gasteiger partial charge in [-0.1, -0.05) is 18.2 Å². The number of aliphatic carboxylic acids is 1. The number of rotatable bonds is 1. The first kappa shape index (κ1) is 12.3. The van der Waals surface area contributed by atoms with Crippen molar-refractivity contribution in [3.63, 3.8) is 0 Å². The molecule has 0 radical (unpaired) electrons. The molecule has 0 aliphatic rings. The van der Waals surface area contributed by atoms with Gasteiger partial charge in [-0.2, -0.15) is 0 Å². The summed E-state index contributed by atoms with van der Waals surface area (Å²) in [6.45, 7) is 1.86. The van der Waals surface area contributed by atoms with Gasteiger partial charge in [-0.15, -0.1) is 0 Å². The Bertz CT molecular complexity index is 453. The summed E-state index contributed by atoms with van der Waals surface area (Å²) in [4.78, 5) is 9.24. The number of nitrogens with two attached hydrogens (primary N) is 1. The normalized spacial score (nSPS) is 9.69. The number of nitrogens with zero attached hydrogens (tertiary/aromatic N) is 1. The molecule has 4 nitrogen and oxygen atoms in total. The van der Waals surface area contributed by atoms with Crippen LogP contribution in [0.1, 0.15) is 5.56 Å². The van der Waals surface area contributed by atoms with Gasteiger partial charge in [-0.25, -0.2) is 0 Å². The number of carboxylic acids is 1. The van der Waals surface area contributed by atoms with Crippen LogP contribution < -0.4 is 5.73 Å². The van der Waals surface area contributed by atoms with Crippen molar-refractivity contribution in [1.29, 1.82) is 0 Å². The molecule has 0 aliphatic carbocycles. The Balaban J connectivity index is 0.000000221. The van der Waals surface area contributed by atoms with Gasteiger partial charge >= 0.3 is 5.97 Å². The average molecular weight is 220 g/mol. The molecule has 4 heteroatoms. The number of fused-ring (bicyclic) bond motifs is 1. The van der Waals surface area contributed by atoms with Crippen molar-refractivity contribution in [2.24, 2.45) is 12.8 Å². The van der Waals surface area contributed by atoms with Gasteiger partial charge in [0.25, 0.3) is 0 Å². The van der Waals surface area contributed by atoms with Crippen LogP contribution in [-0.4, -0.2) is 22.2 Å². The number of benzene rings is 1. The summed E-state index contributed by atoms with van der Waals surface area (Å²) in [5.74, 6) is -0.968. The van der Waals surface area contributed by atoms with Gasteiger partial charge in [0.2, 0.25) is 0 Å². The van der Waals surface area contributed by atoms with E-state index in [9.17, 15) is 4.79 Å². The summed E-state index contributed by atoms with van der Waals surface area (Å²) in [6.07, 6.45) is 2.16. The Kier molecular flexibility index (Phi) is 4.08. The molecule has 0 unspecified atom stereocenters. The second kappa shape index (κ2) is 5.32. The zero-order valence-electron chi connectivity index (χ0n) is 9.47. The van der Waals surface area contributed by atoms with Crippen LogP contribution in [0.3, 0.4) is 0 Å². The SMILES string of the molecule is Cc1cn(C)c2ccccc12.NCC(=O)O. The lowest BCUT2D eigenvalue weighted by atomic mass is 10.2. The van der Waals surface area contributed by atoms with E-state index in [0.717, 1.165) is 0 Å². The first-order valence-corrected chi connectivity index (χ1v) is 4.98. The number of carboxylic acid groups (broad SMARTS) is 1. The Hall–Kier alpha value is -1.81. The quantitative estimate of drug-likeness (QED) is 0.765.